The van der Waals surface area contributed by atoms with E-state index in [0.29, 0.717) is 6.04 Å². The average Bonchev–Trinajstić information content (AvgIpc) is 2.24. The molecule has 92 valence electrons. The summed E-state index contributed by atoms with van der Waals surface area (Å²) in [4.78, 5) is 11.4. The largest absolute Gasteiger partial charge is 0.462 e. The molecule has 0 amide bonds. The standard InChI is InChI=1S/C13H16FNO2/c1-2-17-13(16)11-7-6-10(8-12(11)14)15-9-4-3-5-9/h6-9,15H,2-5H2,1H3. The van der Waals surface area contributed by atoms with Gasteiger partial charge >= 0.3 is 5.97 Å². The van der Waals surface area contributed by atoms with Crippen molar-refractivity contribution in [3.05, 3.63) is 29.6 Å². The van der Waals surface area contributed by atoms with Crippen LogP contribution in [0.3, 0.4) is 0 Å². The van der Waals surface area contributed by atoms with Crippen molar-refractivity contribution in [2.45, 2.75) is 32.2 Å². The Kier molecular flexibility index (Phi) is 3.61. The zero-order chi connectivity index (χ0) is 12.3. The molecular formula is C13H16FNO2. The van der Waals surface area contributed by atoms with Gasteiger partial charge in [0.2, 0.25) is 0 Å². The molecule has 1 N–H and O–H groups in total. The zero-order valence-corrected chi connectivity index (χ0v) is 9.83. The van der Waals surface area contributed by atoms with Crippen molar-refractivity contribution in [3.63, 3.8) is 0 Å². The molecule has 1 aliphatic rings. The van der Waals surface area contributed by atoms with Crippen molar-refractivity contribution < 1.29 is 13.9 Å². The first-order valence-electron chi connectivity index (χ1n) is 5.94. The summed E-state index contributed by atoms with van der Waals surface area (Å²) in [5.41, 5.74) is 0.714. The first-order valence-corrected chi connectivity index (χ1v) is 5.94. The molecule has 0 saturated heterocycles. The number of esters is 1. The van der Waals surface area contributed by atoms with Crippen molar-refractivity contribution >= 4 is 11.7 Å². The molecular weight excluding hydrogens is 221 g/mol. The predicted octanol–water partition coefficient (Wildman–Crippen LogP) is 2.97. The summed E-state index contributed by atoms with van der Waals surface area (Å²) in [6.45, 7) is 1.95. The van der Waals surface area contributed by atoms with Crippen LogP contribution in [0, 0.1) is 5.82 Å². The van der Waals surface area contributed by atoms with E-state index in [1.54, 1.807) is 13.0 Å². The molecule has 2 rings (SSSR count). The number of hydrogen-bond acceptors (Lipinski definition) is 3. The third-order valence-electron chi connectivity index (χ3n) is 2.94. The van der Waals surface area contributed by atoms with E-state index < -0.39 is 11.8 Å². The maximum absolute atomic E-state index is 13.7. The summed E-state index contributed by atoms with van der Waals surface area (Å²) in [6, 6.07) is 4.98. The summed E-state index contributed by atoms with van der Waals surface area (Å²) < 4.78 is 18.4. The van der Waals surface area contributed by atoms with E-state index >= 15 is 0 Å². The minimum absolute atomic E-state index is 0.00832. The van der Waals surface area contributed by atoms with Crippen molar-refractivity contribution in [1.29, 1.82) is 0 Å². The fourth-order valence-electron chi connectivity index (χ4n) is 1.77. The molecule has 0 bridgehead atoms. The molecule has 17 heavy (non-hydrogen) atoms. The van der Waals surface area contributed by atoms with Crippen LogP contribution in [0.5, 0.6) is 0 Å². The summed E-state index contributed by atoms with van der Waals surface area (Å²) in [5, 5.41) is 3.23. The molecule has 1 fully saturated rings. The number of carbonyl (C=O) groups excluding carboxylic acids is 1. The van der Waals surface area contributed by atoms with Crippen LogP contribution in [0.15, 0.2) is 18.2 Å². The molecule has 1 aromatic rings. The first kappa shape index (κ1) is 11.9. The maximum Gasteiger partial charge on any atom is 0.341 e. The van der Waals surface area contributed by atoms with Crippen LogP contribution in [0.25, 0.3) is 0 Å². The molecule has 1 aliphatic carbocycles. The van der Waals surface area contributed by atoms with Gasteiger partial charge in [-0.1, -0.05) is 0 Å². The number of rotatable bonds is 4. The fraction of sp³-hybridized carbons (Fsp3) is 0.462. The topological polar surface area (TPSA) is 38.3 Å². The molecule has 1 aromatic carbocycles. The van der Waals surface area contributed by atoms with E-state index in [-0.39, 0.29) is 12.2 Å². The lowest BCUT2D eigenvalue weighted by Gasteiger charge is -2.27. The van der Waals surface area contributed by atoms with Crippen LogP contribution in [0.4, 0.5) is 10.1 Å². The fourth-order valence-corrected chi connectivity index (χ4v) is 1.77. The van der Waals surface area contributed by atoms with Gasteiger partial charge in [0.1, 0.15) is 5.82 Å². The van der Waals surface area contributed by atoms with Crippen molar-refractivity contribution in [2.75, 3.05) is 11.9 Å². The Bertz CT molecular complexity index is 416. The van der Waals surface area contributed by atoms with E-state index in [1.165, 1.54) is 18.6 Å². The Morgan fingerprint density at radius 1 is 1.53 bits per heavy atom. The van der Waals surface area contributed by atoms with Gasteiger partial charge in [0, 0.05) is 11.7 Å². The monoisotopic (exact) mass is 237 g/mol. The van der Waals surface area contributed by atoms with Gasteiger partial charge in [-0.25, -0.2) is 9.18 Å². The Morgan fingerprint density at radius 3 is 2.82 bits per heavy atom. The van der Waals surface area contributed by atoms with Gasteiger partial charge < -0.3 is 10.1 Å². The lowest BCUT2D eigenvalue weighted by atomic mass is 9.93. The highest BCUT2D eigenvalue weighted by atomic mass is 19.1. The van der Waals surface area contributed by atoms with Crippen LogP contribution in [0.1, 0.15) is 36.5 Å². The molecule has 0 atom stereocenters. The first-order chi connectivity index (χ1) is 8.20. The molecule has 0 unspecified atom stereocenters. The minimum atomic E-state index is -0.611. The van der Waals surface area contributed by atoms with Gasteiger partial charge in [0.05, 0.1) is 12.2 Å². The number of nitrogens with one attached hydrogen (secondary N) is 1. The lowest BCUT2D eigenvalue weighted by Crippen LogP contribution is -2.27. The van der Waals surface area contributed by atoms with E-state index in [2.05, 4.69) is 5.32 Å². The summed E-state index contributed by atoms with van der Waals surface area (Å²) in [5.74, 6) is -1.15. The highest BCUT2D eigenvalue weighted by Gasteiger charge is 2.18. The van der Waals surface area contributed by atoms with Crippen LogP contribution in [0.2, 0.25) is 0 Å². The van der Waals surface area contributed by atoms with E-state index in [0.717, 1.165) is 18.5 Å². The number of carbonyl (C=O) groups is 1. The SMILES string of the molecule is CCOC(=O)c1ccc(NC2CCC2)cc1F. The van der Waals surface area contributed by atoms with Crippen LogP contribution >= 0.6 is 0 Å². The smallest absolute Gasteiger partial charge is 0.341 e. The number of ether oxygens (including phenoxy) is 1. The zero-order valence-electron chi connectivity index (χ0n) is 9.83. The summed E-state index contributed by atoms with van der Waals surface area (Å²) >= 11 is 0. The Hall–Kier alpha value is -1.58. The van der Waals surface area contributed by atoms with Crippen molar-refractivity contribution in [1.82, 2.24) is 0 Å². The quantitative estimate of drug-likeness (QED) is 0.818. The van der Waals surface area contributed by atoms with Crippen LogP contribution < -0.4 is 5.32 Å². The van der Waals surface area contributed by atoms with Gasteiger partial charge in [-0.3, -0.25) is 0 Å². The van der Waals surface area contributed by atoms with Crippen molar-refractivity contribution in [2.24, 2.45) is 0 Å². The second kappa shape index (κ2) is 5.17. The lowest BCUT2D eigenvalue weighted by molar-refractivity contribution is 0.0521. The molecule has 4 heteroatoms. The molecule has 0 spiro atoms. The normalized spacial score (nSPS) is 15.2. The minimum Gasteiger partial charge on any atom is -0.462 e. The Morgan fingerprint density at radius 2 is 2.29 bits per heavy atom. The summed E-state index contributed by atoms with van der Waals surface area (Å²) in [6.07, 6.45) is 3.48. The highest BCUT2D eigenvalue weighted by molar-refractivity contribution is 5.90. The molecule has 0 heterocycles. The van der Waals surface area contributed by atoms with Gasteiger partial charge in [-0.15, -0.1) is 0 Å². The summed E-state index contributed by atoms with van der Waals surface area (Å²) in [7, 11) is 0. The van der Waals surface area contributed by atoms with Gasteiger partial charge in [-0.05, 0) is 44.4 Å². The maximum atomic E-state index is 13.7. The molecule has 0 aliphatic heterocycles. The van der Waals surface area contributed by atoms with E-state index in [1.807, 2.05) is 0 Å². The second-order valence-corrected chi connectivity index (χ2v) is 4.19. The second-order valence-electron chi connectivity index (χ2n) is 4.19. The number of hydrogen-bond donors (Lipinski definition) is 1. The third-order valence-corrected chi connectivity index (χ3v) is 2.94. The molecule has 1 saturated carbocycles. The average molecular weight is 237 g/mol. The van der Waals surface area contributed by atoms with Gasteiger partial charge in [-0.2, -0.15) is 0 Å². The van der Waals surface area contributed by atoms with Crippen LogP contribution in [-0.4, -0.2) is 18.6 Å². The van der Waals surface area contributed by atoms with E-state index in [4.69, 9.17) is 4.74 Å². The third kappa shape index (κ3) is 2.75. The highest BCUT2D eigenvalue weighted by Crippen LogP contribution is 2.24. The van der Waals surface area contributed by atoms with Crippen LogP contribution in [-0.2, 0) is 4.74 Å². The number of halogens is 1. The molecule has 0 radical (unpaired) electrons. The van der Waals surface area contributed by atoms with Gasteiger partial charge in [0.25, 0.3) is 0 Å². The van der Waals surface area contributed by atoms with Gasteiger partial charge in [0.15, 0.2) is 0 Å². The van der Waals surface area contributed by atoms with Crippen molar-refractivity contribution in [3.8, 4) is 0 Å². The molecule has 3 nitrogen and oxygen atoms in total. The number of anilines is 1. The molecule has 0 aromatic heterocycles. The van der Waals surface area contributed by atoms with E-state index in [9.17, 15) is 9.18 Å². The predicted molar refractivity (Wildman–Crippen MR) is 63.6 cm³/mol. The number of benzene rings is 1. The Balaban J connectivity index is 2.07. The Labute approximate surface area is 100.0 Å².